The van der Waals surface area contributed by atoms with E-state index in [0.717, 1.165) is 5.56 Å². The number of nitrogens with one attached hydrogen (secondary N) is 1. The molecule has 2 amide bonds. The maximum Gasteiger partial charge on any atom is 0.271 e. The first kappa shape index (κ1) is 16.8. The molecule has 130 valence electrons. The Hall–Kier alpha value is -3.03. The van der Waals surface area contributed by atoms with Crippen molar-refractivity contribution in [3.05, 3.63) is 48.2 Å². The molecule has 1 aliphatic rings. The summed E-state index contributed by atoms with van der Waals surface area (Å²) in [5.41, 5.74) is 1.19. The number of anilines is 1. The van der Waals surface area contributed by atoms with Crippen molar-refractivity contribution < 1.29 is 9.59 Å². The van der Waals surface area contributed by atoms with E-state index >= 15 is 0 Å². The van der Waals surface area contributed by atoms with Crippen molar-refractivity contribution in [2.45, 2.75) is 13.5 Å². The number of piperazine rings is 1. The second-order valence-corrected chi connectivity index (χ2v) is 5.80. The standard InChI is InChI=1S/C17H20N6O2/c1-13(24)22-5-7-23(8-6-22)16-12-19-15(11-20-16)17(25)21-10-14-3-2-4-18-9-14/h2-4,9,11-12H,5-8,10H2,1H3,(H,21,25). The second-order valence-electron chi connectivity index (χ2n) is 5.80. The van der Waals surface area contributed by atoms with E-state index in [4.69, 9.17) is 0 Å². The topological polar surface area (TPSA) is 91.3 Å². The van der Waals surface area contributed by atoms with E-state index in [1.54, 1.807) is 25.5 Å². The van der Waals surface area contributed by atoms with Crippen LogP contribution >= 0.6 is 0 Å². The molecule has 0 spiro atoms. The van der Waals surface area contributed by atoms with Gasteiger partial charge in [0.15, 0.2) is 0 Å². The molecule has 1 fully saturated rings. The fraction of sp³-hybridized carbons (Fsp3) is 0.353. The van der Waals surface area contributed by atoms with E-state index in [0.29, 0.717) is 38.5 Å². The van der Waals surface area contributed by atoms with Crippen molar-refractivity contribution in [2.24, 2.45) is 0 Å². The number of pyridine rings is 1. The van der Waals surface area contributed by atoms with Gasteiger partial charge in [0.2, 0.25) is 5.91 Å². The molecule has 0 aromatic carbocycles. The summed E-state index contributed by atoms with van der Waals surface area (Å²) in [5.74, 6) is 0.530. The number of hydrogen-bond donors (Lipinski definition) is 1. The van der Waals surface area contributed by atoms with Gasteiger partial charge in [0.1, 0.15) is 11.5 Å². The third kappa shape index (κ3) is 4.28. The summed E-state index contributed by atoms with van der Waals surface area (Å²) in [6, 6.07) is 3.71. The first-order valence-corrected chi connectivity index (χ1v) is 8.13. The average molecular weight is 340 g/mol. The van der Waals surface area contributed by atoms with Gasteiger partial charge in [-0.15, -0.1) is 0 Å². The predicted molar refractivity (Wildman–Crippen MR) is 91.9 cm³/mol. The van der Waals surface area contributed by atoms with Gasteiger partial charge in [-0.1, -0.05) is 6.07 Å². The molecule has 8 nitrogen and oxygen atoms in total. The molecule has 1 saturated heterocycles. The summed E-state index contributed by atoms with van der Waals surface area (Å²) in [4.78, 5) is 39.9. The number of rotatable bonds is 4. The highest BCUT2D eigenvalue weighted by molar-refractivity contribution is 5.91. The molecule has 0 unspecified atom stereocenters. The van der Waals surface area contributed by atoms with Gasteiger partial charge in [-0.2, -0.15) is 0 Å². The van der Waals surface area contributed by atoms with Crippen LogP contribution in [0.4, 0.5) is 5.82 Å². The van der Waals surface area contributed by atoms with E-state index in [9.17, 15) is 9.59 Å². The Morgan fingerprint density at radius 1 is 1.12 bits per heavy atom. The Morgan fingerprint density at radius 3 is 2.52 bits per heavy atom. The van der Waals surface area contributed by atoms with Gasteiger partial charge in [-0.25, -0.2) is 9.97 Å². The molecule has 3 heterocycles. The van der Waals surface area contributed by atoms with Crippen molar-refractivity contribution in [1.29, 1.82) is 0 Å². The normalized spacial score (nSPS) is 14.3. The van der Waals surface area contributed by atoms with E-state index in [1.165, 1.54) is 6.20 Å². The van der Waals surface area contributed by atoms with Crippen molar-refractivity contribution in [3.8, 4) is 0 Å². The molecule has 0 bridgehead atoms. The van der Waals surface area contributed by atoms with Crippen LogP contribution in [0, 0.1) is 0 Å². The van der Waals surface area contributed by atoms with Crippen LogP contribution in [-0.2, 0) is 11.3 Å². The molecule has 0 aliphatic carbocycles. The van der Waals surface area contributed by atoms with Crippen LogP contribution in [0.2, 0.25) is 0 Å². The molecule has 2 aromatic rings. The number of carbonyl (C=O) groups excluding carboxylic acids is 2. The van der Waals surface area contributed by atoms with Crippen LogP contribution in [0.15, 0.2) is 36.9 Å². The van der Waals surface area contributed by atoms with Gasteiger partial charge in [-0.3, -0.25) is 14.6 Å². The van der Waals surface area contributed by atoms with Gasteiger partial charge >= 0.3 is 0 Å². The minimum absolute atomic E-state index is 0.0892. The highest BCUT2D eigenvalue weighted by atomic mass is 16.2. The minimum atomic E-state index is -0.274. The van der Waals surface area contributed by atoms with Gasteiger partial charge in [0.25, 0.3) is 5.91 Å². The molecular formula is C17H20N6O2. The lowest BCUT2D eigenvalue weighted by molar-refractivity contribution is -0.129. The van der Waals surface area contributed by atoms with E-state index in [1.807, 2.05) is 17.0 Å². The largest absolute Gasteiger partial charge is 0.352 e. The van der Waals surface area contributed by atoms with Crippen molar-refractivity contribution in [3.63, 3.8) is 0 Å². The highest BCUT2D eigenvalue weighted by Crippen LogP contribution is 2.12. The van der Waals surface area contributed by atoms with Crippen LogP contribution in [0.25, 0.3) is 0 Å². The number of hydrogen-bond acceptors (Lipinski definition) is 6. The number of aromatic nitrogens is 3. The molecule has 0 atom stereocenters. The number of carbonyl (C=O) groups is 2. The molecule has 25 heavy (non-hydrogen) atoms. The molecule has 3 rings (SSSR count). The summed E-state index contributed by atoms with van der Waals surface area (Å²) in [6.45, 7) is 4.73. The highest BCUT2D eigenvalue weighted by Gasteiger charge is 2.20. The Balaban J connectivity index is 1.55. The van der Waals surface area contributed by atoms with Crippen LogP contribution in [-0.4, -0.2) is 57.8 Å². The van der Waals surface area contributed by atoms with Gasteiger partial charge in [-0.05, 0) is 11.6 Å². The van der Waals surface area contributed by atoms with E-state index in [-0.39, 0.29) is 17.5 Å². The maximum absolute atomic E-state index is 12.1. The Morgan fingerprint density at radius 2 is 1.92 bits per heavy atom. The van der Waals surface area contributed by atoms with E-state index < -0.39 is 0 Å². The summed E-state index contributed by atoms with van der Waals surface area (Å²) >= 11 is 0. The Bertz CT molecular complexity index is 727. The zero-order valence-corrected chi connectivity index (χ0v) is 14.1. The molecule has 1 N–H and O–H groups in total. The van der Waals surface area contributed by atoms with Crippen molar-refractivity contribution in [1.82, 2.24) is 25.2 Å². The Kier molecular flexibility index (Phi) is 5.17. The summed E-state index contributed by atoms with van der Waals surface area (Å²) in [7, 11) is 0. The van der Waals surface area contributed by atoms with Crippen LogP contribution in [0.3, 0.4) is 0 Å². The SMILES string of the molecule is CC(=O)N1CCN(c2cnc(C(=O)NCc3cccnc3)cn2)CC1. The fourth-order valence-electron chi connectivity index (χ4n) is 2.63. The minimum Gasteiger partial charge on any atom is -0.352 e. The lowest BCUT2D eigenvalue weighted by atomic mass is 10.3. The molecule has 8 heteroatoms. The third-order valence-corrected chi connectivity index (χ3v) is 4.10. The first-order valence-electron chi connectivity index (χ1n) is 8.13. The molecule has 0 radical (unpaired) electrons. The lowest BCUT2D eigenvalue weighted by Gasteiger charge is -2.34. The quantitative estimate of drug-likeness (QED) is 0.870. The maximum atomic E-state index is 12.1. The fourth-order valence-corrected chi connectivity index (χ4v) is 2.63. The monoisotopic (exact) mass is 340 g/mol. The van der Waals surface area contributed by atoms with Crippen LogP contribution < -0.4 is 10.2 Å². The van der Waals surface area contributed by atoms with Crippen molar-refractivity contribution >= 4 is 17.6 Å². The average Bonchev–Trinajstić information content (AvgIpc) is 2.67. The van der Waals surface area contributed by atoms with Crippen LogP contribution in [0.5, 0.6) is 0 Å². The van der Waals surface area contributed by atoms with Crippen molar-refractivity contribution in [2.75, 3.05) is 31.1 Å². The molecular weight excluding hydrogens is 320 g/mol. The summed E-state index contributed by atoms with van der Waals surface area (Å²) in [5, 5.41) is 2.79. The Labute approximate surface area is 145 Å². The van der Waals surface area contributed by atoms with E-state index in [2.05, 4.69) is 25.2 Å². The third-order valence-electron chi connectivity index (χ3n) is 4.10. The zero-order chi connectivity index (χ0) is 17.6. The number of amides is 2. The second kappa shape index (κ2) is 7.69. The summed E-state index contributed by atoms with van der Waals surface area (Å²) < 4.78 is 0. The molecule has 0 saturated carbocycles. The lowest BCUT2D eigenvalue weighted by Crippen LogP contribution is -2.48. The summed E-state index contributed by atoms with van der Waals surface area (Å²) in [6.07, 6.45) is 6.47. The van der Waals surface area contributed by atoms with Crippen LogP contribution in [0.1, 0.15) is 23.0 Å². The van der Waals surface area contributed by atoms with Gasteiger partial charge in [0.05, 0.1) is 12.4 Å². The smallest absolute Gasteiger partial charge is 0.271 e. The predicted octanol–water partition coefficient (Wildman–Crippen LogP) is 0.470. The molecule has 1 aliphatic heterocycles. The first-order chi connectivity index (χ1) is 12.1. The zero-order valence-electron chi connectivity index (χ0n) is 14.1. The number of nitrogens with zero attached hydrogens (tertiary/aromatic N) is 5. The molecule has 2 aromatic heterocycles. The van der Waals surface area contributed by atoms with Gasteiger partial charge in [0, 0.05) is 52.0 Å². The van der Waals surface area contributed by atoms with Gasteiger partial charge < -0.3 is 15.1 Å².